The molecule has 0 aliphatic heterocycles. The Labute approximate surface area is 145 Å². The Morgan fingerprint density at radius 3 is 2.48 bits per heavy atom. The van der Waals surface area contributed by atoms with Crippen molar-refractivity contribution < 1.29 is 9.18 Å². The molecule has 5 heteroatoms. The minimum Gasteiger partial charge on any atom is -0.380 e. The lowest BCUT2D eigenvalue weighted by Gasteiger charge is -2.09. The number of pyridine rings is 1. The molecular weight excluding hydrogens is 317 g/mol. The molecular formula is C20H18FN3O. The van der Waals surface area contributed by atoms with E-state index in [2.05, 4.69) is 15.6 Å². The van der Waals surface area contributed by atoms with Crippen LogP contribution in [0.15, 0.2) is 66.9 Å². The van der Waals surface area contributed by atoms with E-state index < -0.39 is 0 Å². The Kier molecular flexibility index (Phi) is 5.04. The SMILES string of the molecule is Cc1ccccc1C(=O)Nc1ccc(NCc2ccc(F)cc2)cn1. The Morgan fingerprint density at radius 1 is 1.04 bits per heavy atom. The minimum absolute atomic E-state index is 0.183. The summed E-state index contributed by atoms with van der Waals surface area (Å²) in [5.74, 6) is 0.0531. The van der Waals surface area contributed by atoms with E-state index in [9.17, 15) is 9.18 Å². The molecule has 0 aliphatic carbocycles. The zero-order chi connectivity index (χ0) is 17.6. The number of amides is 1. The third-order valence-electron chi connectivity index (χ3n) is 3.80. The number of nitrogens with zero attached hydrogens (tertiary/aromatic N) is 1. The Morgan fingerprint density at radius 2 is 1.80 bits per heavy atom. The van der Waals surface area contributed by atoms with Crippen molar-refractivity contribution in [3.05, 3.63) is 89.4 Å². The number of benzene rings is 2. The number of rotatable bonds is 5. The molecule has 0 saturated carbocycles. The van der Waals surface area contributed by atoms with Crippen LogP contribution in [0, 0.1) is 12.7 Å². The third kappa shape index (κ3) is 4.41. The van der Waals surface area contributed by atoms with Gasteiger partial charge in [-0.1, -0.05) is 30.3 Å². The maximum Gasteiger partial charge on any atom is 0.257 e. The second kappa shape index (κ2) is 7.57. The van der Waals surface area contributed by atoms with Crippen LogP contribution < -0.4 is 10.6 Å². The number of aromatic nitrogens is 1. The van der Waals surface area contributed by atoms with Gasteiger partial charge < -0.3 is 10.6 Å². The minimum atomic E-state index is -0.251. The van der Waals surface area contributed by atoms with Crippen molar-refractivity contribution in [3.8, 4) is 0 Å². The van der Waals surface area contributed by atoms with E-state index in [1.54, 1.807) is 30.5 Å². The van der Waals surface area contributed by atoms with Gasteiger partial charge in [-0.3, -0.25) is 4.79 Å². The van der Waals surface area contributed by atoms with E-state index in [0.717, 1.165) is 16.8 Å². The maximum atomic E-state index is 12.9. The first-order valence-electron chi connectivity index (χ1n) is 7.93. The smallest absolute Gasteiger partial charge is 0.257 e. The highest BCUT2D eigenvalue weighted by atomic mass is 19.1. The van der Waals surface area contributed by atoms with Crippen molar-refractivity contribution in [3.63, 3.8) is 0 Å². The summed E-state index contributed by atoms with van der Waals surface area (Å²) in [5, 5.41) is 5.99. The van der Waals surface area contributed by atoms with Gasteiger partial charge in [-0.15, -0.1) is 0 Å². The summed E-state index contributed by atoms with van der Waals surface area (Å²) < 4.78 is 12.9. The molecule has 0 saturated heterocycles. The molecule has 0 unspecified atom stereocenters. The van der Waals surface area contributed by atoms with Gasteiger partial charge in [0.15, 0.2) is 0 Å². The monoisotopic (exact) mass is 335 g/mol. The number of carbonyl (C=O) groups excluding carboxylic acids is 1. The van der Waals surface area contributed by atoms with Gasteiger partial charge in [-0.25, -0.2) is 9.37 Å². The van der Waals surface area contributed by atoms with Crippen LogP contribution in [0.2, 0.25) is 0 Å². The fourth-order valence-electron chi connectivity index (χ4n) is 2.39. The van der Waals surface area contributed by atoms with E-state index in [-0.39, 0.29) is 11.7 Å². The molecule has 2 N–H and O–H groups in total. The molecule has 0 fully saturated rings. The van der Waals surface area contributed by atoms with Crippen molar-refractivity contribution in [1.82, 2.24) is 4.98 Å². The fourth-order valence-corrected chi connectivity index (χ4v) is 2.39. The van der Waals surface area contributed by atoms with E-state index in [4.69, 9.17) is 0 Å². The van der Waals surface area contributed by atoms with E-state index in [1.165, 1.54) is 12.1 Å². The van der Waals surface area contributed by atoms with Gasteiger partial charge in [0.05, 0.1) is 11.9 Å². The van der Waals surface area contributed by atoms with E-state index in [1.807, 2.05) is 31.2 Å². The summed E-state index contributed by atoms with van der Waals surface area (Å²) in [6.07, 6.45) is 1.65. The van der Waals surface area contributed by atoms with Crippen LogP contribution in [-0.2, 0) is 6.54 Å². The molecule has 4 nitrogen and oxygen atoms in total. The van der Waals surface area contributed by atoms with Crippen LogP contribution in [0.25, 0.3) is 0 Å². The lowest BCUT2D eigenvalue weighted by Crippen LogP contribution is -2.14. The topological polar surface area (TPSA) is 54.0 Å². The van der Waals surface area contributed by atoms with Crippen LogP contribution in [0.5, 0.6) is 0 Å². The maximum absolute atomic E-state index is 12.9. The summed E-state index contributed by atoms with van der Waals surface area (Å²) in [5.41, 5.74) is 3.33. The molecule has 0 spiro atoms. The number of carbonyl (C=O) groups is 1. The largest absolute Gasteiger partial charge is 0.380 e. The number of aryl methyl sites for hydroxylation is 1. The fraction of sp³-hybridized carbons (Fsp3) is 0.100. The normalized spacial score (nSPS) is 10.3. The van der Waals surface area contributed by atoms with Gasteiger partial charge in [0.25, 0.3) is 5.91 Å². The highest BCUT2D eigenvalue weighted by Gasteiger charge is 2.09. The molecule has 25 heavy (non-hydrogen) atoms. The molecule has 1 heterocycles. The van der Waals surface area contributed by atoms with Gasteiger partial charge in [-0.2, -0.15) is 0 Å². The summed E-state index contributed by atoms with van der Waals surface area (Å²) in [6, 6.07) is 17.3. The Balaban J connectivity index is 1.59. The molecule has 0 radical (unpaired) electrons. The quantitative estimate of drug-likeness (QED) is 0.727. The zero-order valence-electron chi connectivity index (χ0n) is 13.8. The molecule has 0 aliphatic rings. The number of hydrogen-bond acceptors (Lipinski definition) is 3. The number of halogens is 1. The average Bonchev–Trinajstić information content (AvgIpc) is 2.63. The highest BCUT2D eigenvalue weighted by molar-refractivity contribution is 6.04. The first-order valence-corrected chi connectivity index (χ1v) is 7.93. The first kappa shape index (κ1) is 16.6. The number of nitrogens with one attached hydrogen (secondary N) is 2. The number of anilines is 2. The van der Waals surface area contributed by atoms with Gasteiger partial charge >= 0.3 is 0 Å². The predicted molar refractivity (Wildman–Crippen MR) is 97.1 cm³/mol. The lowest BCUT2D eigenvalue weighted by atomic mass is 10.1. The van der Waals surface area contributed by atoms with Crippen LogP contribution in [-0.4, -0.2) is 10.9 Å². The van der Waals surface area contributed by atoms with Gasteiger partial charge in [0.2, 0.25) is 0 Å². The average molecular weight is 335 g/mol. The van der Waals surface area contributed by atoms with Crippen molar-refractivity contribution >= 4 is 17.4 Å². The molecule has 0 atom stereocenters. The molecule has 3 aromatic rings. The predicted octanol–water partition coefficient (Wildman–Crippen LogP) is 4.39. The molecule has 1 aromatic heterocycles. The summed E-state index contributed by atoms with van der Waals surface area (Å²) in [6.45, 7) is 2.46. The van der Waals surface area contributed by atoms with Gasteiger partial charge in [0.1, 0.15) is 11.6 Å². The second-order valence-corrected chi connectivity index (χ2v) is 5.68. The standard InChI is InChI=1S/C20H18FN3O/c1-14-4-2-3-5-18(14)20(25)24-19-11-10-17(13-23-19)22-12-15-6-8-16(21)9-7-15/h2-11,13,22H,12H2,1H3,(H,23,24,25). The molecule has 0 bridgehead atoms. The van der Waals surface area contributed by atoms with Gasteiger partial charge in [0, 0.05) is 12.1 Å². The lowest BCUT2D eigenvalue weighted by molar-refractivity contribution is 0.102. The first-order chi connectivity index (χ1) is 12.1. The zero-order valence-corrected chi connectivity index (χ0v) is 13.8. The van der Waals surface area contributed by atoms with Gasteiger partial charge in [-0.05, 0) is 48.4 Å². The van der Waals surface area contributed by atoms with Crippen molar-refractivity contribution in [2.45, 2.75) is 13.5 Å². The van der Waals surface area contributed by atoms with Crippen LogP contribution in [0.4, 0.5) is 15.9 Å². The van der Waals surface area contributed by atoms with Crippen LogP contribution >= 0.6 is 0 Å². The number of hydrogen-bond donors (Lipinski definition) is 2. The van der Waals surface area contributed by atoms with Crippen molar-refractivity contribution in [1.29, 1.82) is 0 Å². The molecule has 3 rings (SSSR count). The highest BCUT2D eigenvalue weighted by Crippen LogP contribution is 2.14. The van der Waals surface area contributed by atoms with Crippen molar-refractivity contribution in [2.24, 2.45) is 0 Å². The van der Waals surface area contributed by atoms with E-state index >= 15 is 0 Å². The third-order valence-corrected chi connectivity index (χ3v) is 3.80. The summed E-state index contributed by atoms with van der Waals surface area (Å²) >= 11 is 0. The molecule has 126 valence electrons. The Hall–Kier alpha value is -3.21. The molecule has 2 aromatic carbocycles. The Bertz CT molecular complexity index is 861. The van der Waals surface area contributed by atoms with Crippen LogP contribution in [0.1, 0.15) is 21.5 Å². The second-order valence-electron chi connectivity index (χ2n) is 5.68. The summed E-state index contributed by atoms with van der Waals surface area (Å²) in [7, 11) is 0. The van der Waals surface area contributed by atoms with E-state index in [0.29, 0.717) is 17.9 Å². The molecule has 1 amide bonds. The van der Waals surface area contributed by atoms with Crippen molar-refractivity contribution in [2.75, 3.05) is 10.6 Å². The van der Waals surface area contributed by atoms with Crippen LogP contribution in [0.3, 0.4) is 0 Å². The summed E-state index contributed by atoms with van der Waals surface area (Å²) in [4.78, 5) is 16.5.